The molecule has 6 heteroatoms. The molecular formula is C12H16O5S. The number of benzene rings is 1. The molecule has 0 spiro atoms. The van der Waals surface area contributed by atoms with Gasteiger partial charge in [0.25, 0.3) is 10.1 Å². The molecule has 0 heterocycles. The van der Waals surface area contributed by atoms with Crippen molar-refractivity contribution < 1.29 is 22.8 Å². The van der Waals surface area contributed by atoms with Crippen molar-refractivity contribution in [1.82, 2.24) is 0 Å². The van der Waals surface area contributed by atoms with Gasteiger partial charge in [0, 0.05) is 0 Å². The van der Waals surface area contributed by atoms with Gasteiger partial charge in [-0.3, -0.25) is 4.18 Å². The number of aryl methyl sites for hydroxylation is 1. The van der Waals surface area contributed by atoms with Gasteiger partial charge in [-0.15, -0.1) is 6.58 Å². The molecule has 0 saturated carbocycles. The standard InChI is InChI=1S/C12H16O5S/c1-3-11(13)12(14)8-17-18(15,16)10-6-4-9(2)5-7-10/h3-7,11-14H,1,8H2,2H3/t11-,12+/m0/s1. The van der Waals surface area contributed by atoms with E-state index in [0.29, 0.717) is 0 Å². The Labute approximate surface area is 106 Å². The first kappa shape index (κ1) is 14.8. The van der Waals surface area contributed by atoms with Gasteiger partial charge in [0.1, 0.15) is 12.2 Å². The molecule has 0 aliphatic heterocycles. The molecule has 5 nitrogen and oxygen atoms in total. The van der Waals surface area contributed by atoms with Crippen LogP contribution in [0.1, 0.15) is 5.56 Å². The summed E-state index contributed by atoms with van der Waals surface area (Å²) in [5.74, 6) is 0. The summed E-state index contributed by atoms with van der Waals surface area (Å²) < 4.78 is 28.1. The lowest BCUT2D eigenvalue weighted by molar-refractivity contribution is 0.0184. The van der Waals surface area contributed by atoms with Crippen molar-refractivity contribution in [3.05, 3.63) is 42.5 Å². The van der Waals surface area contributed by atoms with Gasteiger partial charge in [-0.05, 0) is 19.1 Å². The second kappa shape index (κ2) is 6.10. The van der Waals surface area contributed by atoms with Crippen molar-refractivity contribution in [2.45, 2.75) is 24.0 Å². The van der Waals surface area contributed by atoms with Gasteiger partial charge in [-0.2, -0.15) is 8.42 Å². The van der Waals surface area contributed by atoms with Crippen LogP contribution in [0.4, 0.5) is 0 Å². The van der Waals surface area contributed by atoms with Crippen LogP contribution in [0.25, 0.3) is 0 Å². The highest BCUT2D eigenvalue weighted by molar-refractivity contribution is 7.86. The highest BCUT2D eigenvalue weighted by Gasteiger charge is 2.20. The Kier molecular flexibility index (Phi) is 5.03. The van der Waals surface area contributed by atoms with Gasteiger partial charge in [0.15, 0.2) is 0 Å². The summed E-state index contributed by atoms with van der Waals surface area (Å²) in [6.07, 6.45) is -1.45. The van der Waals surface area contributed by atoms with Crippen LogP contribution < -0.4 is 0 Å². The molecule has 0 saturated heterocycles. The van der Waals surface area contributed by atoms with Crippen molar-refractivity contribution in [3.63, 3.8) is 0 Å². The summed E-state index contributed by atoms with van der Waals surface area (Å²) in [5, 5.41) is 18.5. The number of aliphatic hydroxyl groups excluding tert-OH is 2. The third-order valence-corrected chi connectivity index (χ3v) is 3.64. The van der Waals surface area contributed by atoms with Crippen molar-refractivity contribution in [1.29, 1.82) is 0 Å². The van der Waals surface area contributed by atoms with Crippen LogP contribution >= 0.6 is 0 Å². The maximum absolute atomic E-state index is 11.7. The summed E-state index contributed by atoms with van der Waals surface area (Å²) in [4.78, 5) is 0.00777. The van der Waals surface area contributed by atoms with Crippen molar-refractivity contribution >= 4 is 10.1 Å². The van der Waals surface area contributed by atoms with E-state index in [0.717, 1.165) is 11.6 Å². The van der Waals surface area contributed by atoms with Gasteiger partial charge < -0.3 is 10.2 Å². The fraction of sp³-hybridized carbons (Fsp3) is 0.333. The molecule has 1 aromatic rings. The molecule has 0 aromatic heterocycles. The average molecular weight is 272 g/mol. The van der Waals surface area contributed by atoms with E-state index in [9.17, 15) is 18.6 Å². The first-order chi connectivity index (χ1) is 8.36. The molecule has 18 heavy (non-hydrogen) atoms. The van der Waals surface area contributed by atoms with Crippen LogP contribution in [-0.4, -0.2) is 37.4 Å². The monoisotopic (exact) mass is 272 g/mol. The maximum Gasteiger partial charge on any atom is 0.297 e. The SMILES string of the molecule is C=C[C@H](O)[C@H](O)COS(=O)(=O)c1ccc(C)cc1. The lowest BCUT2D eigenvalue weighted by atomic mass is 10.2. The zero-order valence-corrected chi connectivity index (χ0v) is 10.8. The molecule has 0 bridgehead atoms. The van der Waals surface area contributed by atoms with Crippen LogP contribution in [0.15, 0.2) is 41.8 Å². The molecule has 0 aliphatic carbocycles. The quantitative estimate of drug-likeness (QED) is 0.585. The zero-order valence-electron chi connectivity index (χ0n) is 9.98. The summed E-state index contributed by atoms with van der Waals surface area (Å²) in [7, 11) is -3.92. The largest absolute Gasteiger partial charge is 0.388 e. The predicted octanol–water partition coefficient (Wildman–Crippen LogP) is 0.608. The number of hydrogen-bond acceptors (Lipinski definition) is 5. The van der Waals surface area contributed by atoms with Gasteiger partial charge in [-0.25, -0.2) is 0 Å². The van der Waals surface area contributed by atoms with E-state index in [1.807, 2.05) is 6.92 Å². The van der Waals surface area contributed by atoms with Gasteiger partial charge in [-0.1, -0.05) is 23.8 Å². The van der Waals surface area contributed by atoms with Gasteiger partial charge in [0.05, 0.1) is 11.5 Å². The fourth-order valence-corrected chi connectivity index (χ4v) is 2.11. The molecule has 0 aliphatic rings. The van der Waals surface area contributed by atoms with Crippen LogP contribution in [0, 0.1) is 6.92 Å². The van der Waals surface area contributed by atoms with Gasteiger partial charge >= 0.3 is 0 Å². The van der Waals surface area contributed by atoms with E-state index in [1.165, 1.54) is 12.1 Å². The Hall–Kier alpha value is -1.21. The topological polar surface area (TPSA) is 83.8 Å². The summed E-state index contributed by atoms with van der Waals surface area (Å²) in [6, 6.07) is 6.12. The van der Waals surface area contributed by atoms with Crippen molar-refractivity contribution in [2.24, 2.45) is 0 Å². The fourth-order valence-electron chi connectivity index (χ4n) is 1.19. The van der Waals surface area contributed by atoms with E-state index < -0.39 is 28.9 Å². The molecule has 0 fully saturated rings. The van der Waals surface area contributed by atoms with E-state index >= 15 is 0 Å². The van der Waals surface area contributed by atoms with E-state index in [-0.39, 0.29) is 4.90 Å². The highest BCUT2D eigenvalue weighted by Crippen LogP contribution is 2.13. The molecular weight excluding hydrogens is 256 g/mol. The number of aliphatic hydroxyl groups is 2. The molecule has 0 radical (unpaired) electrons. The summed E-state index contributed by atoms with van der Waals surface area (Å²) in [5.41, 5.74) is 0.927. The van der Waals surface area contributed by atoms with Crippen LogP contribution in [0.5, 0.6) is 0 Å². The van der Waals surface area contributed by atoms with Gasteiger partial charge in [0.2, 0.25) is 0 Å². The number of rotatable bonds is 6. The summed E-state index contributed by atoms with van der Waals surface area (Å²) in [6.45, 7) is 4.59. The minimum atomic E-state index is -3.92. The molecule has 2 N–H and O–H groups in total. The molecule has 100 valence electrons. The molecule has 1 rings (SSSR count). The average Bonchev–Trinajstić information content (AvgIpc) is 2.35. The van der Waals surface area contributed by atoms with Crippen LogP contribution in [0.2, 0.25) is 0 Å². The minimum absolute atomic E-state index is 0.00777. The second-order valence-corrected chi connectivity index (χ2v) is 5.46. The third kappa shape index (κ3) is 3.92. The lowest BCUT2D eigenvalue weighted by Crippen LogP contribution is -2.29. The van der Waals surface area contributed by atoms with Crippen molar-refractivity contribution in [2.75, 3.05) is 6.61 Å². The van der Waals surface area contributed by atoms with E-state index in [4.69, 9.17) is 0 Å². The van der Waals surface area contributed by atoms with Crippen LogP contribution in [-0.2, 0) is 14.3 Å². The Morgan fingerprint density at radius 2 is 1.89 bits per heavy atom. The highest BCUT2D eigenvalue weighted by atomic mass is 32.2. The summed E-state index contributed by atoms with van der Waals surface area (Å²) >= 11 is 0. The molecule has 2 atom stereocenters. The maximum atomic E-state index is 11.7. The van der Waals surface area contributed by atoms with E-state index in [1.54, 1.807) is 12.1 Å². The third-order valence-electron chi connectivity index (χ3n) is 2.34. The van der Waals surface area contributed by atoms with Crippen molar-refractivity contribution in [3.8, 4) is 0 Å². The Bertz CT molecular complexity index is 492. The Morgan fingerprint density at radius 3 is 2.39 bits per heavy atom. The normalized spacial score (nSPS) is 15.1. The predicted molar refractivity (Wildman–Crippen MR) is 66.5 cm³/mol. The Morgan fingerprint density at radius 1 is 1.33 bits per heavy atom. The number of hydrogen-bond donors (Lipinski definition) is 2. The van der Waals surface area contributed by atoms with Crippen LogP contribution in [0.3, 0.4) is 0 Å². The van der Waals surface area contributed by atoms with E-state index in [2.05, 4.69) is 10.8 Å². The zero-order chi connectivity index (χ0) is 13.8. The minimum Gasteiger partial charge on any atom is -0.388 e. The Balaban J connectivity index is 2.71. The molecule has 1 aromatic carbocycles. The molecule has 0 unspecified atom stereocenters. The first-order valence-corrected chi connectivity index (χ1v) is 6.72. The second-order valence-electron chi connectivity index (χ2n) is 3.85. The smallest absolute Gasteiger partial charge is 0.297 e. The molecule has 0 amide bonds. The lowest BCUT2D eigenvalue weighted by Gasteiger charge is -2.14. The first-order valence-electron chi connectivity index (χ1n) is 5.31.